The monoisotopic (exact) mass is 242 g/mol. The Hall–Kier alpha value is -1.14. The minimum absolute atomic E-state index is 0.0254. The first kappa shape index (κ1) is 11.0. The van der Waals surface area contributed by atoms with Crippen molar-refractivity contribution in [3.63, 3.8) is 0 Å². The molecule has 6 unspecified atom stereocenters. The number of carbonyl (C=O) groups is 2. The first-order valence-corrected chi connectivity index (χ1v) is 5.69. The maximum Gasteiger partial charge on any atom is 0.312 e. The molecule has 6 heteroatoms. The van der Waals surface area contributed by atoms with Crippen molar-refractivity contribution < 1.29 is 28.9 Å². The van der Waals surface area contributed by atoms with Crippen LogP contribution in [0.5, 0.6) is 0 Å². The third-order valence-electron chi connectivity index (χ3n) is 4.17. The normalized spacial score (nSPS) is 46.1. The van der Waals surface area contributed by atoms with Crippen LogP contribution < -0.4 is 0 Å². The predicted octanol–water partition coefficient (Wildman–Crippen LogP) is -0.698. The number of methoxy groups -OCH3 is 1. The summed E-state index contributed by atoms with van der Waals surface area (Å²) in [5.74, 6) is -2.10. The Morgan fingerprint density at radius 1 is 1.53 bits per heavy atom. The van der Waals surface area contributed by atoms with Crippen LogP contribution in [-0.4, -0.2) is 43.2 Å². The summed E-state index contributed by atoms with van der Waals surface area (Å²) in [6, 6.07) is 0. The van der Waals surface area contributed by atoms with Crippen molar-refractivity contribution in [1.29, 1.82) is 0 Å². The maximum atomic E-state index is 11.9. The Bertz CT molecular complexity index is 367. The van der Waals surface area contributed by atoms with Crippen molar-refractivity contribution in [2.24, 2.45) is 23.7 Å². The Kier molecular flexibility index (Phi) is 2.38. The van der Waals surface area contributed by atoms with Crippen LogP contribution in [0.4, 0.5) is 0 Å². The van der Waals surface area contributed by atoms with Crippen molar-refractivity contribution in [3.05, 3.63) is 0 Å². The fraction of sp³-hybridized carbons (Fsp3) is 0.818. The van der Waals surface area contributed by atoms with E-state index in [2.05, 4.69) is 4.74 Å². The average molecular weight is 242 g/mol. The number of rotatable bonds is 3. The minimum atomic E-state index is -0.734. The molecule has 94 valence electrons. The van der Waals surface area contributed by atoms with Crippen molar-refractivity contribution >= 4 is 11.9 Å². The van der Waals surface area contributed by atoms with Gasteiger partial charge in [0.25, 0.3) is 0 Å². The maximum absolute atomic E-state index is 11.9. The van der Waals surface area contributed by atoms with Gasteiger partial charge in [0.1, 0.15) is 6.10 Å². The molecule has 3 rings (SSSR count). The van der Waals surface area contributed by atoms with Crippen LogP contribution in [0, 0.1) is 23.7 Å². The number of aliphatic hydroxyl groups excluding tert-OH is 1. The highest BCUT2D eigenvalue weighted by atomic mass is 16.7. The van der Waals surface area contributed by atoms with Crippen LogP contribution in [0.1, 0.15) is 6.42 Å². The first-order chi connectivity index (χ1) is 8.15. The van der Waals surface area contributed by atoms with Crippen LogP contribution >= 0.6 is 0 Å². The zero-order valence-corrected chi connectivity index (χ0v) is 9.37. The van der Waals surface area contributed by atoms with Crippen LogP contribution in [0.2, 0.25) is 0 Å². The van der Waals surface area contributed by atoms with E-state index < -0.39 is 30.0 Å². The zero-order chi connectivity index (χ0) is 12.2. The second-order valence-corrected chi connectivity index (χ2v) is 4.88. The van der Waals surface area contributed by atoms with Gasteiger partial charge in [0.2, 0.25) is 0 Å². The number of aliphatic hydroxyl groups is 1. The lowest BCUT2D eigenvalue weighted by atomic mass is 9.78. The SMILES string of the molecule is COCOC(=O)C1C2CC3C(OC(=O)C31)C2O. The van der Waals surface area contributed by atoms with Gasteiger partial charge in [0.05, 0.1) is 17.9 Å². The second-order valence-electron chi connectivity index (χ2n) is 4.88. The number of fused-ring (bicyclic) bond motifs is 1. The lowest BCUT2D eigenvalue weighted by Crippen LogP contribution is -2.41. The molecule has 0 radical (unpaired) electrons. The van der Waals surface area contributed by atoms with Crippen molar-refractivity contribution in [1.82, 2.24) is 0 Å². The van der Waals surface area contributed by atoms with Crippen molar-refractivity contribution in [2.75, 3.05) is 13.9 Å². The summed E-state index contributed by atoms with van der Waals surface area (Å²) in [7, 11) is 1.42. The summed E-state index contributed by atoms with van der Waals surface area (Å²) in [5, 5.41) is 9.95. The van der Waals surface area contributed by atoms with Crippen LogP contribution in [0.3, 0.4) is 0 Å². The van der Waals surface area contributed by atoms with Gasteiger partial charge < -0.3 is 19.3 Å². The fourth-order valence-corrected chi connectivity index (χ4v) is 3.55. The molecule has 0 aromatic carbocycles. The lowest BCUT2D eigenvalue weighted by molar-refractivity contribution is -0.165. The highest BCUT2D eigenvalue weighted by Gasteiger charge is 2.68. The lowest BCUT2D eigenvalue weighted by Gasteiger charge is -2.26. The van der Waals surface area contributed by atoms with E-state index in [1.54, 1.807) is 0 Å². The Labute approximate surface area is 97.8 Å². The topological polar surface area (TPSA) is 82.1 Å². The number of carbonyl (C=O) groups excluding carboxylic acids is 2. The van der Waals surface area contributed by atoms with Gasteiger partial charge in [-0.1, -0.05) is 0 Å². The molecule has 1 aliphatic heterocycles. The smallest absolute Gasteiger partial charge is 0.312 e. The van der Waals surface area contributed by atoms with Crippen LogP contribution in [0.25, 0.3) is 0 Å². The van der Waals surface area contributed by atoms with E-state index in [-0.39, 0.29) is 24.6 Å². The fourth-order valence-electron chi connectivity index (χ4n) is 3.55. The zero-order valence-electron chi connectivity index (χ0n) is 9.37. The highest BCUT2D eigenvalue weighted by molar-refractivity contribution is 5.86. The minimum Gasteiger partial charge on any atom is -0.459 e. The quantitative estimate of drug-likeness (QED) is 0.520. The third-order valence-corrected chi connectivity index (χ3v) is 4.17. The molecular weight excluding hydrogens is 228 g/mol. The molecule has 0 spiro atoms. The van der Waals surface area contributed by atoms with E-state index in [4.69, 9.17) is 9.47 Å². The standard InChI is InChI=1S/C11H14O6/c1-15-3-16-10(13)6-4-2-5-7(6)11(14)17-9(5)8(4)12/h4-9,12H,2-3H2,1H3. The Morgan fingerprint density at radius 3 is 3.00 bits per heavy atom. The number of hydrogen-bond donors (Lipinski definition) is 1. The summed E-state index contributed by atoms with van der Waals surface area (Å²) in [4.78, 5) is 23.5. The molecule has 6 nitrogen and oxygen atoms in total. The predicted molar refractivity (Wildman–Crippen MR) is 52.4 cm³/mol. The van der Waals surface area contributed by atoms with E-state index in [0.29, 0.717) is 6.42 Å². The number of esters is 2. The Balaban J connectivity index is 1.82. The van der Waals surface area contributed by atoms with Gasteiger partial charge in [-0.2, -0.15) is 0 Å². The molecular formula is C11H14O6. The molecule has 2 bridgehead atoms. The van der Waals surface area contributed by atoms with Gasteiger partial charge in [-0.25, -0.2) is 0 Å². The molecule has 17 heavy (non-hydrogen) atoms. The molecule has 2 saturated carbocycles. The van der Waals surface area contributed by atoms with Crippen LogP contribution in [0.15, 0.2) is 0 Å². The van der Waals surface area contributed by atoms with Gasteiger partial charge >= 0.3 is 11.9 Å². The van der Waals surface area contributed by atoms with Gasteiger partial charge in [0.15, 0.2) is 6.79 Å². The molecule has 0 amide bonds. The average Bonchev–Trinajstić information content (AvgIpc) is 2.89. The van der Waals surface area contributed by atoms with Crippen molar-refractivity contribution in [3.8, 4) is 0 Å². The molecule has 0 aromatic heterocycles. The van der Waals surface area contributed by atoms with Crippen LogP contribution in [-0.2, 0) is 23.8 Å². The summed E-state index contributed by atoms with van der Waals surface area (Å²) in [6.45, 7) is -0.131. The summed E-state index contributed by atoms with van der Waals surface area (Å²) < 4.78 is 14.7. The summed E-state index contributed by atoms with van der Waals surface area (Å²) in [5.41, 5.74) is 0. The molecule has 1 heterocycles. The van der Waals surface area contributed by atoms with Crippen molar-refractivity contribution in [2.45, 2.75) is 18.6 Å². The van der Waals surface area contributed by atoms with E-state index in [9.17, 15) is 14.7 Å². The third kappa shape index (κ3) is 1.34. The summed E-state index contributed by atoms with van der Waals surface area (Å²) >= 11 is 0. The molecule has 3 aliphatic rings. The molecule has 3 fully saturated rings. The first-order valence-electron chi connectivity index (χ1n) is 5.69. The van der Waals surface area contributed by atoms with Gasteiger partial charge in [0, 0.05) is 18.9 Å². The van der Waals surface area contributed by atoms with E-state index in [0.717, 1.165) is 0 Å². The van der Waals surface area contributed by atoms with E-state index in [1.807, 2.05) is 0 Å². The van der Waals surface area contributed by atoms with Gasteiger partial charge in [-0.05, 0) is 6.42 Å². The largest absolute Gasteiger partial charge is 0.459 e. The highest BCUT2D eigenvalue weighted by Crippen LogP contribution is 2.57. The van der Waals surface area contributed by atoms with Gasteiger partial charge in [-0.3, -0.25) is 9.59 Å². The summed E-state index contributed by atoms with van der Waals surface area (Å²) in [6.07, 6.45) is -0.485. The molecule has 2 aliphatic carbocycles. The molecule has 1 saturated heterocycles. The molecule has 0 aromatic rings. The van der Waals surface area contributed by atoms with E-state index in [1.165, 1.54) is 7.11 Å². The van der Waals surface area contributed by atoms with E-state index >= 15 is 0 Å². The van der Waals surface area contributed by atoms with Gasteiger partial charge in [-0.15, -0.1) is 0 Å². The number of hydrogen-bond acceptors (Lipinski definition) is 6. The second kappa shape index (κ2) is 3.68. The Morgan fingerprint density at radius 2 is 2.29 bits per heavy atom. The number of ether oxygens (including phenoxy) is 3. The molecule has 1 N–H and O–H groups in total. The molecule has 6 atom stereocenters.